The van der Waals surface area contributed by atoms with E-state index < -0.39 is 18.0 Å². The molecule has 3 aromatic rings. The van der Waals surface area contributed by atoms with Gasteiger partial charge in [0.2, 0.25) is 12.2 Å². The fourth-order valence-electron chi connectivity index (χ4n) is 2.17. The summed E-state index contributed by atoms with van der Waals surface area (Å²) in [6, 6.07) is 7.29. The number of carbonyl (C=O) groups is 1. The van der Waals surface area contributed by atoms with Crippen molar-refractivity contribution < 1.29 is 32.1 Å². The van der Waals surface area contributed by atoms with E-state index in [0.717, 1.165) is 12.1 Å². The molecule has 0 bridgehead atoms. The minimum absolute atomic E-state index is 0.0210. The van der Waals surface area contributed by atoms with E-state index in [0.29, 0.717) is 6.54 Å². The minimum Gasteiger partial charge on any atom is -0.489 e. The summed E-state index contributed by atoms with van der Waals surface area (Å²) in [6.07, 6.45) is -1.89. The van der Waals surface area contributed by atoms with Crippen molar-refractivity contribution in [3.05, 3.63) is 65.2 Å². The molecule has 0 saturated heterocycles. The Morgan fingerprint density at radius 3 is 2.55 bits per heavy atom. The Bertz CT molecular complexity index is 1010. The molecule has 152 valence electrons. The molecule has 2 heterocycles. The molecule has 0 saturated carbocycles. The molecule has 0 spiro atoms. The zero-order valence-corrected chi connectivity index (χ0v) is 15.6. The number of aryl methyl sites for hydroxylation is 1. The van der Waals surface area contributed by atoms with Gasteiger partial charge >= 0.3 is 6.36 Å². The van der Waals surface area contributed by atoms with Gasteiger partial charge < -0.3 is 19.7 Å². The molecule has 1 aromatic carbocycles. The number of pyridine rings is 1. The van der Waals surface area contributed by atoms with Crippen LogP contribution >= 0.6 is 11.6 Å². The highest BCUT2D eigenvalue weighted by Crippen LogP contribution is 2.28. The van der Waals surface area contributed by atoms with Crippen LogP contribution in [-0.2, 0) is 6.54 Å². The number of nitrogens with zero attached hydrogens (tertiary/aromatic N) is 5. The first-order chi connectivity index (χ1) is 13.7. The number of rotatable bonds is 6. The lowest BCUT2D eigenvalue weighted by molar-refractivity contribution is -0.618. The molecule has 2 aromatic heterocycles. The van der Waals surface area contributed by atoms with Crippen LogP contribution in [0.2, 0.25) is 5.15 Å². The Morgan fingerprint density at radius 1 is 1.24 bits per heavy atom. The van der Waals surface area contributed by atoms with Gasteiger partial charge in [-0.3, -0.25) is 4.68 Å². The summed E-state index contributed by atoms with van der Waals surface area (Å²) >= 11 is 5.93. The van der Waals surface area contributed by atoms with E-state index in [1.807, 2.05) is 6.92 Å². The van der Waals surface area contributed by atoms with E-state index in [-0.39, 0.29) is 22.3 Å². The largest absolute Gasteiger partial charge is 0.573 e. The van der Waals surface area contributed by atoms with Crippen LogP contribution in [0.1, 0.15) is 17.3 Å². The van der Waals surface area contributed by atoms with Crippen LogP contribution in [0.25, 0.3) is 5.43 Å². The summed E-state index contributed by atoms with van der Waals surface area (Å²) in [7, 11) is 0. The van der Waals surface area contributed by atoms with E-state index in [9.17, 15) is 18.0 Å². The van der Waals surface area contributed by atoms with Gasteiger partial charge in [0.05, 0.1) is 0 Å². The number of benzene rings is 1. The average Bonchev–Trinajstić information content (AvgIpc) is 3.09. The van der Waals surface area contributed by atoms with Crippen molar-refractivity contribution in [2.24, 2.45) is 0 Å². The van der Waals surface area contributed by atoms with Gasteiger partial charge in [0.15, 0.2) is 0 Å². The van der Waals surface area contributed by atoms with Crippen molar-refractivity contribution >= 4 is 17.5 Å². The Kier molecular flexibility index (Phi) is 5.87. The second-order valence-corrected chi connectivity index (χ2v) is 5.91. The van der Waals surface area contributed by atoms with Crippen molar-refractivity contribution in [3.63, 3.8) is 0 Å². The lowest BCUT2D eigenvalue weighted by Gasteiger charge is -2.16. The van der Waals surface area contributed by atoms with Gasteiger partial charge in [-0.05, 0) is 37.3 Å². The number of aromatic nitrogens is 4. The van der Waals surface area contributed by atoms with Crippen LogP contribution < -0.4 is 14.1 Å². The van der Waals surface area contributed by atoms with Crippen molar-refractivity contribution in [1.82, 2.24) is 14.8 Å². The first-order valence-electron chi connectivity index (χ1n) is 8.13. The second kappa shape index (κ2) is 8.35. The molecule has 0 unspecified atom stereocenters. The lowest BCUT2D eigenvalue weighted by atomic mass is 10.2. The molecule has 8 nitrogen and oxygen atoms in total. The van der Waals surface area contributed by atoms with Gasteiger partial charge in [0, 0.05) is 16.7 Å². The fourth-order valence-corrected chi connectivity index (χ4v) is 2.37. The Hall–Kier alpha value is -3.34. The molecule has 0 aliphatic rings. The van der Waals surface area contributed by atoms with Crippen LogP contribution in [-0.4, -0.2) is 27.0 Å². The van der Waals surface area contributed by atoms with Crippen LogP contribution in [0.5, 0.6) is 17.4 Å². The fraction of sp³-hybridized carbons (Fsp3) is 0.176. The molecule has 1 amide bonds. The molecule has 0 fully saturated rings. The number of hydrogen-bond donors (Lipinski definition) is 0. The summed E-state index contributed by atoms with van der Waals surface area (Å²) in [5, 5.41) is 3.97. The maximum Gasteiger partial charge on any atom is 0.573 e. The van der Waals surface area contributed by atoms with Crippen molar-refractivity contribution in [2.45, 2.75) is 19.8 Å². The summed E-state index contributed by atoms with van der Waals surface area (Å²) in [5.74, 6) is -0.880. The van der Waals surface area contributed by atoms with E-state index in [1.165, 1.54) is 41.6 Å². The molecule has 0 aliphatic heterocycles. The highest BCUT2D eigenvalue weighted by Gasteiger charge is 2.31. The molecule has 3 rings (SSSR count). The molecule has 12 heteroatoms. The number of hydrogen-bond acceptors (Lipinski definition) is 5. The Balaban J connectivity index is 1.72. The maximum absolute atomic E-state index is 12.4. The summed E-state index contributed by atoms with van der Waals surface area (Å²) < 4.78 is 48.7. The third-order valence-electron chi connectivity index (χ3n) is 3.40. The van der Waals surface area contributed by atoms with Gasteiger partial charge in [0.1, 0.15) is 29.1 Å². The van der Waals surface area contributed by atoms with Gasteiger partial charge in [-0.25, -0.2) is 4.98 Å². The quantitative estimate of drug-likeness (QED) is 0.440. The number of amides is 1. The molecule has 0 radical (unpaired) electrons. The Labute approximate surface area is 167 Å². The SMILES string of the molecule is CCn1c[n+]([N-]C(=O)c2cc(Cl)nc(Oc3ccc(OC(F)(F)F)cc3)c2)cn1. The molecular weight excluding hydrogens is 415 g/mol. The first kappa shape index (κ1) is 20.4. The zero-order valence-electron chi connectivity index (χ0n) is 14.8. The van der Waals surface area contributed by atoms with E-state index in [4.69, 9.17) is 16.3 Å². The highest BCUT2D eigenvalue weighted by atomic mass is 35.5. The second-order valence-electron chi connectivity index (χ2n) is 5.53. The minimum atomic E-state index is -4.79. The predicted molar refractivity (Wildman–Crippen MR) is 93.6 cm³/mol. The molecule has 0 aliphatic carbocycles. The normalized spacial score (nSPS) is 11.2. The lowest BCUT2D eigenvalue weighted by Crippen LogP contribution is -2.29. The summed E-state index contributed by atoms with van der Waals surface area (Å²) in [4.78, 5) is 16.3. The van der Waals surface area contributed by atoms with Crippen LogP contribution in [0.3, 0.4) is 0 Å². The first-order valence-corrected chi connectivity index (χ1v) is 8.51. The van der Waals surface area contributed by atoms with Crippen LogP contribution in [0, 0.1) is 0 Å². The summed E-state index contributed by atoms with van der Waals surface area (Å²) in [5.41, 5.74) is 3.97. The third kappa shape index (κ3) is 5.82. The van der Waals surface area contributed by atoms with E-state index in [1.54, 1.807) is 4.68 Å². The highest BCUT2D eigenvalue weighted by molar-refractivity contribution is 6.29. The van der Waals surface area contributed by atoms with Gasteiger partial charge in [-0.2, -0.15) is 0 Å². The van der Waals surface area contributed by atoms with Gasteiger partial charge in [0.25, 0.3) is 6.33 Å². The monoisotopic (exact) mass is 427 g/mol. The average molecular weight is 428 g/mol. The van der Waals surface area contributed by atoms with Crippen LogP contribution in [0.15, 0.2) is 49.1 Å². The van der Waals surface area contributed by atoms with Gasteiger partial charge in [-0.15, -0.1) is 17.9 Å². The zero-order chi connectivity index (χ0) is 21.0. The smallest absolute Gasteiger partial charge is 0.489 e. The van der Waals surface area contributed by atoms with Crippen molar-refractivity contribution in [2.75, 3.05) is 0 Å². The predicted octanol–water partition coefficient (Wildman–Crippen LogP) is 3.91. The Morgan fingerprint density at radius 2 is 1.93 bits per heavy atom. The maximum atomic E-state index is 12.4. The van der Waals surface area contributed by atoms with E-state index in [2.05, 4.69) is 20.2 Å². The summed E-state index contributed by atoms with van der Waals surface area (Å²) in [6.45, 7) is 2.50. The number of alkyl halides is 3. The number of halogens is 4. The standard InChI is InChI=1S/C17H13ClF3N5O3/c1-2-25-10-26(9-22-25)24-16(27)11-7-14(18)23-15(8-11)28-12-3-5-13(6-4-12)29-17(19,20)21/h3-10H,2H2,1H3. The number of ether oxygens (including phenoxy) is 2. The molecule has 29 heavy (non-hydrogen) atoms. The van der Waals surface area contributed by atoms with E-state index >= 15 is 0 Å². The molecule has 0 N–H and O–H groups in total. The topological polar surface area (TPSA) is 84.2 Å². The molecular formula is C17H13ClF3N5O3. The number of carbonyl (C=O) groups excluding carboxylic acids is 1. The van der Waals surface area contributed by atoms with Crippen molar-refractivity contribution in [3.8, 4) is 17.4 Å². The third-order valence-corrected chi connectivity index (χ3v) is 3.59. The van der Waals surface area contributed by atoms with Crippen molar-refractivity contribution in [1.29, 1.82) is 0 Å². The van der Waals surface area contributed by atoms with Gasteiger partial charge in [-0.1, -0.05) is 11.6 Å². The van der Waals surface area contributed by atoms with Crippen LogP contribution in [0.4, 0.5) is 13.2 Å². The molecule has 0 atom stereocenters.